The van der Waals surface area contributed by atoms with Gasteiger partial charge in [0.05, 0.1) is 0 Å². The predicted octanol–water partition coefficient (Wildman–Crippen LogP) is 6.80. The van der Waals surface area contributed by atoms with Gasteiger partial charge in [0, 0.05) is 0 Å². The van der Waals surface area contributed by atoms with Gasteiger partial charge in [0.2, 0.25) is 0 Å². The Labute approximate surface area is 149 Å². The minimum absolute atomic E-state index is 0.754. The summed E-state index contributed by atoms with van der Waals surface area (Å²) in [5, 5.41) is 0. The molecule has 24 heavy (non-hydrogen) atoms. The molecule has 0 aromatic rings. The molecule has 0 saturated heterocycles. The number of hydrogen-bond donors (Lipinski definition) is 0. The Morgan fingerprint density at radius 3 is 2.83 bits per heavy atom. The number of unbranched alkanes of at least 4 members (excludes halogenated alkanes) is 2. The van der Waals surface area contributed by atoms with E-state index < -0.39 is 0 Å². The first kappa shape index (κ1) is 16.7. The maximum Gasteiger partial charge on any atom is -0.0133 e. The average molecular weight is 325 g/mol. The molecule has 0 spiro atoms. The summed E-state index contributed by atoms with van der Waals surface area (Å²) >= 11 is 0. The largest absolute Gasteiger partial charge is 0.103 e. The molecule has 0 heterocycles. The summed E-state index contributed by atoms with van der Waals surface area (Å²) in [5.74, 6) is 7.15. The molecule has 0 aromatic heterocycles. The van der Waals surface area contributed by atoms with E-state index >= 15 is 0 Å². The fourth-order valence-corrected chi connectivity index (χ4v) is 6.93. The van der Waals surface area contributed by atoms with E-state index in [9.17, 15) is 0 Å². The van der Waals surface area contributed by atoms with E-state index in [0.29, 0.717) is 0 Å². The molecular weight excluding hydrogens is 288 g/mol. The number of hydrogen-bond acceptors (Lipinski definition) is 0. The highest BCUT2D eigenvalue weighted by molar-refractivity contribution is 5.25. The molecule has 0 amide bonds. The second-order valence-corrected chi connectivity index (χ2v) is 9.27. The topological polar surface area (TPSA) is 0 Å². The van der Waals surface area contributed by atoms with Gasteiger partial charge in [-0.25, -0.2) is 0 Å². The van der Waals surface area contributed by atoms with Crippen LogP contribution in [-0.2, 0) is 0 Å². The van der Waals surface area contributed by atoms with Gasteiger partial charge in [0.1, 0.15) is 0 Å². The molecule has 2 bridgehead atoms. The van der Waals surface area contributed by atoms with Crippen LogP contribution in [0.1, 0.15) is 65.2 Å². The zero-order valence-corrected chi connectivity index (χ0v) is 15.8. The van der Waals surface area contributed by atoms with Gasteiger partial charge >= 0.3 is 0 Å². The molecule has 8 unspecified atom stereocenters. The van der Waals surface area contributed by atoms with Crippen molar-refractivity contribution >= 4 is 0 Å². The molecule has 3 fully saturated rings. The molecule has 0 radical (unpaired) electrons. The fourth-order valence-electron chi connectivity index (χ4n) is 6.93. The monoisotopic (exact) mass is 324 g/mol. The Morgan fingerprint density at radius 1 is 1.21 bits per heavy atom. The lowest BCUT2D eigenvalue weighted by atomic mass is 9.74. The molecule has 3 saturated carbocycles. The minimum Gasteiger partial charge on any atom is -0.103 e. The highest BCUT2D eigenvalue weighted by Gasteiger charge is 2.48. The van der Waals surface area contributed by atoms with Crippen LogP contribution in [0.15, 0.2) is 36.5 Å². The zero-order chi connectivity index (χ0) is 16.7. The van der Waals surface area contributed by atoms with Crippen LogP contribution in [0, 0.1) is 47.3 Å². The van der Waals surface area contributed by atoms with E-state index in [1.807, 2.05) is 5.57 Å². The maximum atomic E-state index is 4.12. The Morgan fingerprint density at radius 2 is 2.08 bits per heavy atom. The van der Waals surface area contributed by atoms with E-state index in [1.54, 1.807) is 0 Å². The Hall–Kier alpha value is -0.780. The highest BCUT2D eigenvalue weighted by Crippen LogP contribution is 2.58. The van der Waals surface area contributed by atoms with Crippen LogP contribution in [0.4, 0.5) is 0 Å². The average Bonchev–Trinajstić information content (AvgIpc) is 3.31. The van der Waals surface area contributed by atoms with Crippen LogP contribution < -0.4 is 0 Å². The minimum atomic E-state index is 0.754. The van der Waals surface area contributed by atoms with Crippen molar-refractivity contribution in [3.05, 3.63) is 36.5 Å². The van der Waals surface area contributed by atoms with Crippen LogP contribution in [0.5, 0.6) is 0 Å². The smallest absolute Gasteiger partial charge is 0.0133 e. The number of allylic oxidation sites excluding steroid dienone is 5. The van der Waals surface area contributed by atoms with Crippen LogP contribution in [0.2, 0.25) is 0 Å². The summed E-state index contributed by atoms with van der Waals surface area (Å²) in [7, 11) is 0. The first-order valence-electron chi connectivity index (χ1n) is 10.7. The maximum absolute atomic E-state index is 4.12. The predicted molar refractivity (Wildman–Crippen MR) is 104 cm³/mol. The molecule has 0 heteroatoms. The summed E-state index contributed by atoms with van der Waals surface area (Å²) in [6.07, 6.45) is 21.3. The van der Waals surface area contributed by atoms with Gasteiger partial charge in [0.25, 0.3) is 0 Å². The summed E-state index contributed by atoms with van der Waals surface area (Å²) in [4.78, 5) is 0. The zero-order valence-electron chi connectivity index (χ0n) is 15.8. The van der Waals surface area contributed by atoms with E-state index in [-0.39, 0.29) is 0 Å². The van der Waals surface area contributed by atoms with E-state index in [4.69, 9.17) is 0 Å². The van der Waals surface area contributed by atoms with Crippen molar-refractivity contribution in [2.75, 3.05) is 0 Å². The van der Waals surface area contributed by atoms with Gasteiger partial charge in [-0.1, -0.05) is 63.0 Å². The van der Waals surface area contributed by atoms with Gasteiger partial charge in [-0.05, 0) is 79.4 Å². The third kappa shape index (κ3) is 2.74. The SMILES string of the molecule is C=CC1CC(/C=C2\CC3CC2C(C)C3CCCCC)C2C=CCC12. The van der Waals surface area contributed by atoms with Crippen molar-refractivity contribution in [2.45, 2.75) is 65.2 Å². The molecule has 8 atom stereocenters. The van der Waals surface area contributed by atoms with Gasteiger partial charge in [-0.15, -0.1) is 6.58 Å². The van der Waals surface area contributed by atoms with Gasteiger partial charge in [0.15, 0.2) is 0 Å². The first-order chi connectivity index (χ1) is 11.7. The molecule has 0 nitrogen and oxygen atoms in total. The van der Waals surface area contributed by atoms with Crippen molar-refractivity contribution in [1.82, 2.24) is 0 Å². The van der Waals surface area contributed by atoms with Gasteiger partial charge in [-0.2, -0.15) is 0 Å². The molecular formula is C24H36. The molecule has 0 aromatic carbocycles. The molecule has 4 aliphatic rings. The van der Waals surface area contributed by atoms with Gasteiger partial charge in [-0.3, -0.25) is 0 Å². The Bertz CT molecular complexity index is 522. The van der Waals surface area contributed by atoms with Crippen molar-refractivity contribution in [3.63, 3.8) is 0 Å². The quantitative estimate of drug-likeness (QED) is 0.372. The van der Waals surface area contributed by atoms with E-state index in [2.05, 4.69) is 44.7 Å². The fraction of sp³-hybridized carbons (Fsp3) is 0.750. The van der Waals surface area contributed by atoms with E-state index in [0.717, 1.165) is 47.3 Å². The summed E-state index contributed by atoms with van der Waals surface area (Å²) in [6, 6.07) is 0. The summed E-state index contributed by atoms with van der Waals surface area (Å²) < 4.78 is 0. The van der Waals surface area contributed by atoms with Gasteiger partial charge < -0.3 is 0 Å². The number of rotatable bonds is 6. The van der Waals surface area contributed by atoms with Crippen molar-refractivity contribution in [2.24, 2.45) is 47.3 Å². The molecule has 132 valence electrons. The van der Waals surface area contributed by atoms with Crippen molar-refractivity contribution in [3.8, 4) is 0 Å². The summed E-state index contributed by atoms with van der Waals surface area (Å²) in [5.41, 5.74) is 1.85. The second kappa shape index (κ2) is 6.85. The number of fused-ring (bicyclic) bond motifs is 3. The third-order valence-corrected chi connectivity index (χ3v) is 8.17. The van der Waals surface area contributed by atoms with Crippen molar-refractivity contribution in [1.29, 1.82) is 0 Å². The Kier molecular flexibility index (Phi) is 4.76. The normalized spacial score (nSPS) is 47.7. The lowest BCUT2D eigenvalue weighted by Gasteiger charge is -2.31. The highest BCUT2D eigenvalue weighted by atomic mass is 14.5. The van der Waals surface area contributed by atoms with Crippen LogP contribution >= 0.6 is 0 Å². The van der Waals surface area contributed by atoms with Crippen LogP contribution in [0.3, 0.4) is 0 Å². The molecule has 0 aliphatic heterocycles. The third-order valence-electron chi connectivity index (χ3n) is 8.17. The van der Waals surface area contributed by atoms with Crippen molar-refractivity contribution < 1.29 is 0 Å². The van der Waals surface area contributed by atoms with Crippen LogP contribution in [0.25, 0.3) is 0 Å². The first-order valence-corrected chi connectivity index (χ1v) is 10.7. The standard InChI is InChI=1S/C24H36/c1-4-6-7-9-21-16(3)24-15-20(21)14-19(24)13-18-12-17(5-2)22-10-8-11-23(18)22/h5,8,11,13,16-18,20-24H,2,4,6-7,9-10,12,14-15H2,1,3H3/b19-13+. The second-order valence-electron chi connectivity index (χ2n) is 9.27. The summed E-state index contributed by atoms with van der Waals surface area (Å²) in [6.45, 7) is 9.01. The van der Waals surface area contributed by atoms with Crippen LogP contribution in [-0.4, -0.2) is 0 Å². The van der Waals surface area contributed by atoms with E-state index in [1.165, 1.54) is 51.4 Å². The lowest BCUT2D eigenvalue weighted by molar-refractivity contribution is 0.254. The lowest BCUT2D eigenvalue weighted by Crippen LogP contribution is -2.22. The Balaban J connectivity index is 1.43. The molecule has 4 rings (SSSR count). The molecule has 4 aliphatic carbocycles. The molecule has 0 N–H and O–H groups in total.